The first-order valence-corrected chi connectivity index (χ1v) is 17.0. The minimum Gasteiger partial charge on any atom is -0.677 e. The number of unbranched alkanes of at least 4 members (excludes halogenated alkanes) is 1. The van der Waals surface area contributed by atoms with Gasteiger partial charge in [-0.05, 0) is 72.2 Å². The van der Waals surface area contributed by atoms with Crippen LogP contribution in [0.4, 0.5) is 0 Å². The van der Waals surface area contributed by atoms with E-state index in [4.69, 9.17) is 20.6 Å². The van der Waals surface area contributed by atoms with Crippen molar-refractivity contribution >= 4 is 20.3 Å². The molecule has 9 nitrogen and oxygen atoms in total. The Hall–Kier alpha value is -2.17. The summed E-state index contributed by atoms with van der Waals surface area (Å²) in [6.07, 6.45) is 14.3. The Kier molecular flexibility index (Phi) is 10.1. The van der Waals surface area contributed by atoms with Crippen LogP contribution in [-0.2, 0) is 19.0 Å². The highest BCUT2D eigenvalue weighted by Gasteiger charge is 2.40. The molecule has 2 aromatic rings. The molecular formula is C28H45N6O3S-. The van der Waals surface area contributed by atoms with E-state index < -0.39 is 9.25 Å². The van der Waals surface area contributed by atoms with Crippen molar-refractivity contribution in [1.82, 2.24) is 14.4 Å². The first kappa shape index (κ1) is 28.8. The molecule has 2 aliphatic rings. The van der Waals surface area contributed by atoms with Gasteiger partial charge in [-0.15, -0.1) is 5.10 Å². The van der Waals surface area contributed by atoms with Crippen LogP contribution in [0, 0.1) is 5.92 Å². The number of aromatic nitrogens is 3. The molecule has 0 atom stereocenters. The third-order valence-corrected chi connectivity index (χ3v) is 11.8. The Morgan fingerprint density at radius 2 is 1.79 bits per heavy atom. The van der Waals surface area contributed by atoms with Gasteiger partial charge in [0.1, 0.15) is 23.4 Å². The Balaban J connectivity index is 1.40. The van der Waals surface area contributed by atoms with Gasteiger partial charge in [-0.2, -0.15) is 25.7 Å². The second kappa shape index (κ2) is 13.3. The Bertz CT molecular complexity index is 1140. The summed E-state index contributed by atoms with van der Waals surface area (Å²) >= 11 is 0. The maximum atomic E-state index is 15.0. The Labute approximate surface area is 227 Å². The fourth-order valence-corrected chi connectivity index (χ4v) is 9.22. The van der Waals surface area contributed by atoms with E-state index >= 15 is 4.21 Å². The first-order chi connectivity index (χ1) is 18.4. The van der Waals surface area contributed by atoms with Crippen LogP contribution in [0.3, 0.4) is 0 Å². The summed E-state index contributed by atoms with van der Waals surface area (Å²) in [5.41, 5.74) is 8.77. The molecule has 0 radical (unpaired) electrons. The van der Waals surface area contributed by atoms with Crippen molar-refractivity contribution in [2.45, 2.75) is 89.1 Å². The van der Waals surface area contributed by atoms with Crippen molar-refractivity contribution in [1.29, 1.82) is 0 Å². The van der Waals surface area contributed by atoms with Gasteiger partial charge in [-0.3, -0.25) is 4.21 Å². The monoisotopic (exact) mass is 545 g/mol. The predicted molar refractivity (Wildman–Crippen MR) is 153 cm³/mol. The lowest BCUT2D eigenvalue weighted by molar-refractivity contribution is -0.259. The molecule has 1 aromatic carbocycles. The minimum absolute atomic E-state index is 0.165. The largest absolute Gasteiger partial charge is 0.677 e. The van der Waals surface area contributed by atoms with Crippen LogP contribution in [0.1, 0.15) is 77.0 Å². The van der Waals surface area contributed by atoms with Gasteiger partial charge >= 0.3 is 0 Å². The first-order valence-electron chi connectivity index (χ1n) is 14.3. The van der Waals surface area contributed by atoms with Crippen LogP contribution in [0.2, 0.25) is 0 Å². The average Bonchev–Trinajstić information content (AvgIpc) is 3.38. The lowest BCUT2D eigenvalue weighted by atomic mass is 9.88. The van der Waals surface area contributed by atoms with Gasteiger partial charge in [0.15, 0.2) is 0 Å². The smallest absolute Gasteiger partial charge is 0.135 e. The van der Waals surface area contributed by atoms with E-state index in [1.54, 1.807) is 4.09 Å². The van der Waals surface area contributed by atoms with Gasteiger partial charge in [0.25, 0.3) is 0 Å². The molecule has 212 valence electrons. The average molecular weight is 546 g/mol. The van der Waals surface area contributed by atoms with Crippen molar-refractivity contribution in [3.8, 4) is 0 Å². The van der Waals surface area contributed by atoms with E-state index in [1.165, 1.54) is 32.1 Å². The number of para-hydroxylation sites is 1. The molecule has 38 heavy (non-hydrogen) atoms. The second-order valence-electron chi connectivity index (χ2n) is 11.4. The number of rotatable bonds is 14. The van der Waals surface area contributed by atoms with Gasteiger partial charge in [0.2, 0.25) is 0 Å². The number of benzene rings is 1. The van der Waals surface area contributed by atoms with Crippen LogP contribution < -0.4 is 0 Å². The van der Waals surface area contributed by atoms with Gasteiger partial charge in [0.05, 0.1) is 12.1 Å². The van der Waals surface area contributed by atoms with Crippen LogP contribution in [0.5, 0.6) is 0 Å². The number of nitrogens with zero attached hydrogens (tertiary/aromatic N) is 5. The van der Waals surface area contributed by atoms with Crippen LogP contribution in [-0.4, -0.2) is 61.6 Å². The van der Waals surface area contributed by atoms with E-state index in [0.717, 1.165) is 49.6 Å². The maximum Gasteiger partial charge on any atom is 0.135 e. The number of fused-ring (bicyclic) bond motifs is 1. The van der Waals surface area contributed by atoms with Crippen LogP contribution >= 0.6 is 0 Å². The molecule has 0 amide bonds. The second-order valence-corrected chi connectivity index (χ2v) is 15.9. The molecule has 0 unspecified atom stereocenters. The molecule has 1 N–H and O–H groups in total. The van der Waals surface area contributed by atoms with Crippen molar-refractivity contribution in [3.63, 3.8) is 0 Å². The topological polar surface area (TPSA) is 115 Å². The molecule has 4 rings (SSSR count). The number of azo groups is 1. The van der Waals surface area contributed by atoms with E-state index in [-0.39, 0.29) is 18.4 Å². The number of hydrogen-bond donors (Lipinski definition) is 0. The predicted octanol–water partition coefficient (Wildman–Crippen LogP) is 6.67. The molecule has 0 aliphatic heterocycles. The highest BCUT2D eigenvalue weighted by molar-refractivity contribution is 8.18. The summed E-state index contributed by atoms with van der Waals surface area (Å²) in [5.74, 6) is 1.66. The normalized spacial score (nSPS) is 22.4. The zero-order valence-corrected chi connectivity index (χ0v) is 23.7. The number of nitrogens with one attached hydrogen (secondary N) is 1. The van der Waals surface area contributed by atoms with E-state index in [0.29, 0.717) is 36.4 Å². The van der Waals surface area contributed by atoms with Crippen molar-refractivity contribution < 1.29 is 14.0 Å². The zero-order valence-electron chi connectivity index (χ0n) is 22.9. The summed E-state index contributed by atoms with van der Waals surface area (Å²) in [7, 11) is -3.51. The van der Waals surface area contributed by atoms with E-state index in [2.05, 4.69) is 22.0 Å². The summed E-state index contributed by atoms with van der Waals surface area (Å²) in [5, 5.41) is 18.1. The van der Waals surface area contributed by atoms with Crippen LogP contribution in [0.25, 0.3) is 16.8 Å². The molecule has 10 heteroatoms. The fourth-order valence-electron chi connectivity index (χ4n) is 5.75. The summed E-state index contributed by atoms with van der Waals surface area (Å²) in [6.45, 7) is 4.45. The fraction of sp³-hybridized carbons (Fsp3) is 0.714. The van der Waals surface area contributed by atoms with Crippen molar-refractivity contribution in [2.75, 3.05) is 30.9 Å². The summed E-state index contributed by atoms with van der Waals surface area (Å²) < 4.78 is 16.7. The van der Waals surface area contributed by atoms with Gasteiger partial charge < -0.3 is 10.6 Å². The SMILES string of the molecule is C=C(CCCC[NH-])OOCCS(C)(=O)(CC1CCC(N=NC2CCCCC2)CC1)n1nnc2ccccc21. The molecule has 2 fully saturated rings. The lowest BCUT2D eigenvalue weighted by Crippen LogP contribution is -2.50. The number of hydrogen-bond acceptors (Lipinski definition) is 7. The zero-order chi connectivity index (χ0) is 26.9. The molecule has 2 aliphatic carbocycles. The summed E-state index contributed by atoms with van der Waals surface area (Å²) in [4.78, 5) is 10.9. The third-order valence-electron chi connectivity index (χ3n) is 8.01. The van der Waals surface area contributed by atoms with Crippen LogP contribution in [0.15, 0.2) is 46.8 Å². The Morgan fingerprint density at radius 1 is 1.08 bits per heavy atom. The van der Waals surface area contributed by atoms with Gasteiger partial charge in [-0.1, -0.05) is 49.6 Å². The Morgan fingerprint density at radius 3 is 2.53 bits per heavy atom. The number of allylic oxidation sites excluding steroid dienone is 1. The quantitative estimate of drug-likeness (QED) is 0.0864. The van der Waals surface area contributed by atoms with Gasteiger partial charge in [-0.25, -0.2) is 0 Å². The lowest BCUT2D eigenvalue weighted by Gasteiger charge is -2.42. The summed E-state index contributed by atoms with van der Waals surface area (Å²) in [6, 6.07) is 8.37. The molecule has 1 heterocycles. The van der Waals surface area contributed by atoms with Crippen molar-refractivity contribution in [3.05, 3.63) is 42.3 Å². The third kappa shape index (κ3) is 7.70. The minimum atomic E-state index is -3.51. The molecule has 0 bridgehead atoms. The van der Waals surface area contributed by atoms with Gasteiger partial charge in [0, 0.05) is 24.2 Å². The molecular weight excluding hydrogens is 500 g/mol. The highest BCUT2D eigenvalue weighted by Crippen LogP contribution is 2.36. The van der Waals surface area contributed by atoms with E-state index in [9.17, 15) is 0 Å². The van der Waals surface area contributed by atoms with Crippen molar-refractivity contribution in [2.24, 2.45) is 16.1 Å². The van der Waals surface area contributed by atoms with E-state index in [1.807, 2.05) is 30.5 Å². The highest BCUT2D eigenvalue weighted by atomic mass is 32.3. The molecule has 0 spiro atoms. The standard InChI is InChI=1S/C28H45N6O3S/c1-23(10-8-9-19-29)37-36-20-21-38(2,35,34-28-14-7-6-13-27(28)32-33-34)22-24-15-17-26(18-16-24)31-30-25-11-4-3-5-12-25/h6-7,13-14,24-26,29H,1,3-5,8-12,15-22H2,2H3/q-1. The molecule has 0 saturated heterocycles. The molecule has 1 aromatic heterocycles. The molecule has 2 saturated carbocycles. The maximum absolute atomic E-state index is 15.0.